The summed E-state index contributed by atoms with van der Waals surface area (Å²) in [4.78, 5) is 11.6. The third-order valence-electron chi connectivity index (χ3n) is 11.7. The van der Waals surface area contributed by atoms with Crippen molar-refractivity contribution in [2.45, 2.75) is 110 Å². The fraction of sp³-hybridized carbons (Fsp3) is 0.897. The standard InChI is InChI=1S/C29H44O6/c1-15-10-25(32)29(33-14-15)16(2)26-23(35-29)12-22-20-7-6-18-11-19(34-17(3)30)8-9-27(18,4)21(20)13-24(31)28(22,26)5/h12,15-16,18-21,23-26,31-32H,6-11,13-14H2,1-5H3/t15-,16+,18+,19+,20-,21+,23+,24-,25-,26+,27+,28-,29+/m1/s1. The molecule has 0 radical (unpaired) electrons. The number of carbonyl (C=O) groups excluding carboxylic acids is 1. The van der Waals surface area contributed by atoms with Crippen molar-refractivity contribution < 1.29 is 29.2 Å². The number of esters is 1. The first kappa shape index (κ1) is 24.4. The molecular weight excluding hydrogens is 444 g/mol. The van der Waals surface area contributed by atoms with Gasteiger partial charge in [-0.3, -0.25) is 4.79 Å². The van der Waals surface area contributed by atoms with Crippen LogP contribution < -0.4 is 0 Å². The molecule has 2 heterocycles. The van der Waals surface area contributed by atoms with Gasteiger partial charge in [-0.1, -0.05) is 39.3 Å². The van der Waals surface area contributed by atoms with E-state index in [9.17, 15) is 15.0 Å². The summed E-state index contributed by atoms with van der Waals surface area (Å²) in [5.41, 5.74) is 1.21. The van der Waals surface area contributed by atoms with Crippen LogP contribution in [-0.4, -0.2) is 53.0 Å². The number of rotatable bonds is 1. The Kier molecular flexibility index (Phi) is 5.59. The van der Waals surface area contributed by atoms with Crippen LogP contribution in [0.15, 0.2) is 11.6 Å². The van der Waals surface area contributed by atoms with Crippen molar-refractivity contribution in [3.8, 4) is 0 Å². The Morgan fingerprint density at radius 3 is 2.57 bits per heavy atom. The van der Waals surface area contributed by atoms with Crippen LogP contribution in [0.3, 0.4) is 0 Å². The number of hydrogen-bond acceptors (Lipinski definition) is 6. The maximum absolute atomic E-state index is 11.8. The van der Waals surface area contributed by atoms with Gasteiger partial charge >= 0.3 is 5.97 Å². The van der Waals surface area contributed by atoms with Crippen molar-refractivity contribution in [3.63, 3.8) is 0 Å². The lowest BCUT2D eigenvalue weighted by atomic mass is 9.45. The molecule has 13 atom stereocenters. The monoisotopic (exact) mass is 488 g/mol. The largest absolute Gasteiger partial charge is 0.463 e. The van der Waals surface area contributed by atoms with Gasteiger partial charge in [0.15, 0.2) is 5.79 Å². The minimum Gasteiger partial charge on any atom is -0.463 e. The van der Waals surface area contributed by atoms with E-state index in [0.29, 0.717) is 36.7 Å². The maximum Gasteiger partial charge on any atom is 0.302 e. The summed E-state index contributed by atoms with van der Waals surface area (Å²) >= 11 is 0. The minimum absolute atomic E-state index is 0.00560. The molecule has 0 unspecified atom stereocenters. The number of aliphatic hydroxyl groups is 2. The molecule has 0 amide bonds. The number of ether oxygens (including phenoxy) is 3. The van der Waals surface area contributed by atoms with E-state index in [2.05, 4.69) is 33.8 Å². The number of fused-ring (bicyclic) bond motifs is 7. The second-order valence-electron chi connectivity index (χ2n) is 13.4. The van der Waals surface area contributed by atoms with Gasteiger partial charge in [0.25, 0.3) is 0 Å². The van der Waals surface area contributed by atoms with E-state index in [0.717, 1.165) is 38.5 Å². The minimum atomic E-state index is -0.956. The average Bonchev–Trinajstić information content (AvgIpc) is 3.24. The van der Waals surface area contributed by atoms with Crippen molar-refractivity contribution in [2.75, 3.05) is 6.61 Å². The summed E-state index contributed by atoms with van der Waals surface area (Å²) in [6, 6.07) is 0. The van der Waals surface area contributed by atoms with E-state index in [-0.39, 0.29) is 40.8 Å². The summed E-state index contributed by atoms with van der Waals surface area (Å²) in [7, 11) is 0. The Labute approximate surface area is 209 Å². The molecule has 1 spiro atoms. The molecule has 196 valence electrons. The summed E-state index contributed by atoms with van der Waals surface area (Å²) < 4.78 is 18.5. The van der Waals surface area contributed by atoms with Gasteiger partial charge in [0, 0.05) is 24.2 Å². The highest BCUT2D eigenvalue weighted by Gasteiger charge is 2.70. The third kappa shape index (κ3) is 3.25. The maximum atomic E-state index is 11.8. The van der Waals surface area contributed by atoms with Gasteiger partial charge in [0.05, 0.1) is 18.8 Å². The van der Waals surface area contributed by atoms with E-state index < -0.39 is 18.0 Å². The molecule has 4 aliphatic carbocycles. The first-order chi connectivity index (χ1) is 16.5. The van der Waals surface area contributed by atoms with E-state index >= 15 is 0 Å². The first-order valence-corrected chi connectivity index (χ1v) is 14.1. The zero-order chi connectivity index (χ0) is 24.9. The Bertz CT molecular complexity index is 917. The second-order valence-corrected chi connectivity index (χ2v) is 13.4. The van der Waals surface area contributed by atoms with Gasteiger partial charge in [0.2, 0.25) is 0 Å². The van der Waals surface area contributed by atoms with Crippen molar-refractivity contribution in [2.24, 2.45) is 46.3 Å². The van der Waals surface area contributed by atoms with E-state index in [1.807, 2.05) is 0 Å². The van der Waals surface area contributed by atoms with Crippen molar-refractivity contribution in [1.82, 2.24) is 0 Å². The fourth-order valence-electron chi connectivity index (χ4n) is 9.93. The number of hydrogen-bond donors (Lipinski definition) is 2. The molecule has 6 heteroatoms. The van der Waals surface area contributed by atoms with Gasteiger partial charge < -0.3 is 24.4 Å². The van der Waals surface area contributed by atoms with Crippen LogP contribution >= 0.6 is 0 Å². The lowest BCUT2D eigenvalue weighted by molar-refractivity contribution is -0.310. The number of aliphatic hydroxyl groups excluding tert-OH is 2. The van der Waals surface area contributed by atoms with Crippen molar-refractivity contribution in [3.05, 3.63) is 11.6 Å². The molecule has 6 nitrogen and oxygen atoms in total. The summed E-state index contributed by atoms with van der Waals surface area (Å²) in [5, 5.41) is 22.9. The molecule has 6 rings (SSSR count). The summed E-state index contributed by atoms with van der Waals surface area (Å²) in [5.74, 6) is 0.744. The molecule has 5 fully saturated rings. The van der Waals surface area contributed by atoms with Crippen LogP contribution in [0.5, 0.6) is 0 Å². The number of carbonyl (C=O) groups is 1. The van der Waals surface area contributed by atoms with Gasteiger partial charge in [-0.15, -0.1) is 0 Å². The average molecular weight is 489 g/mol. The SMILES string of the molecule is CC(=O)O[C@H]1CC[C@@]2(C)[C@@H](CC[C@H]3C4=C[C@@H]5O[C@@]6(OC[C@H](C)C[C@H]6O)[C@@H](C)[C@@H]5[C@@]4(C)[C@H](O)C[C@@H]32)C1. The highest BCUT2D eigenvalue weighted by molar-refractivity contribution is 5.66. The third-order valence-corrected chi connectivity index (χ3v) is 11.7. The van der Waals surface area contributed by atoms with Gasteiger partial charge in [-0.25, -0.2) is 0 Å². The van der Waals surface area contributed by atoms with E-state index in [1.165, 1.54) is 12.5 Å². The molecule has 0 aromatic rings. The second kappa shape index (κ2) is 8.02. The molecule has 0 aromatic heterocycles. The predicted molar refractivity (Wildman–Crippen MR) is 130 cm³/mol. The van der Waals surface area contributed by atoms with Crippen LogP contribution in [0.4, 0.5) is 0 Å². The molecule has 3 saturated carbocycles. The van der Waals surface area contributed by atoms with Gasteiger partial charge in [-0.05, 0) is 74.0 Å². The highest BCUT2D eigenvalue weighted by Crippen LogP contribution is 2.69. The Balaban J connectivity index is 1.29. The topological polar surface area (TPSA) is 85.2 Å². The van der Waals surface area contributed by atoms with Crippen LogP contribution in [0.25, 0.3) is 0 Å². The summed E-state index contributed by atoms with van der Waals surface area (Å²) in [6.07, 6.45) is 7.88. The van der Waals surface area contributed by atoms with Crippen LogP contribution in [0.1, 0.15) is 79.6 Å². The lowest BCUT2D eigenvalue weighted by Gasteiger charge is -2.61. The fourth-order valence-corrected chi connectivity index (χ4v) is 9.93. The van der Waals surface area contributed by atoms with Crippen LogP contribution in [-0.2, 0) is 19.0 Å². The van der Waals surface area contributed by atoms with Crippen molar-refractivity contribution in [1.29, 1.82) is 0 Å². The normalized spacial score (nSPS) is 57.1. The van der Waals surface area contributed by atoms with E-state index in [1.54, 1.807) is 0 Å². The predicted octanol–water partition coefficient (Wildman–Crippen LogP) is 4.23. The molecule has 6 aliphatic rings. The molecular formula is C29H44O6. The molecule has 2 saturated heterocycles. The van der Waals surface area contributed by atoms with Gasteiger partial charge in [-0.2, -0.15) is 0 Å². The zero-order valence-electron chi connectivity index (χ0n) is 22.0. The van der Waals surface area contributed by atoms with E-state index in [4.69, 9.17) is 14.2 Å². The lowest BCUT2D eigenvalue weighted by Crippen LogP contribution is -2.59. The van der Waals surface area contributed by atoms with Gasteiger partial charge in [0.1, 0.15) is 12.2 Å². The van der Waals surface area contributed by atoms with Crippen LogP contribution in [0, 0.1) is 46.3 Å². The molecule has 35 heavy (non-hydrogen) atoms. The van der Waals surface area contributed by atoms with Crippen molar-refractivity contribution >= 4 is 5.97 Å². The Morgan fingerprint density at radius 2 is 1.86 bits per heavy atom. The zero-order valence-corrected chi connectivity index (χ0v) is 22.0. The smallest absolute Gasteiger partial charge is 0.302 e. The Morgan fingerprint density at radius 1 is 1.09 bits per heavy atom. The van der Waals surface area contributed by atoms with Crippen LogP contribution in [0.2, 0.25) is 0 Å². The molecule has 0 aromatic carbocycles. The highest BCUT2D eigenvalue weighted by atomic mass is 16.7. The first-order valence-electron chi connectivity index (χ1n) is 14.1. The summed E-state index contributed by atoms with van der Waals surface area (Å²) in [6.45, 7) is 11.1. The molecule has 2 aliphatic heterocycles. The molecule has 2 N–H and O–H groups in total. The quantitative estimate of drug-likeness (QED) is 0.425. The molecule has 0 bridgehead atoms. The Hall–Kier alpha value is -0.950.